The van der Waals surface area contributed by atoms with Gasteiger partial charge in [-0.1, -0.05) is 94.9 Å². The van der Waals surface area contributed by atoms with Crippen LogP contribution < -0.4 is 0 Å². The van der Waals surface area contributed by atoms with E-state index in [1.807, 2.05) is 0 Å². The van der Waals surface area contributed by atoms with E-state index in [0.717, 1.165) is 14.7 Å². The van der Waals surface area contributed by atoms with Crippen molar-refractivity contribution < 1.29 is 30.7 Å². The maximum atomic E-state index is 14.2. The second-order valence-electron chi connectivity index (χ2n) is 10.9. The van der Waals surface area contributed by atoms with Crippen LogP contribution in [0, 0.1) is 11.6 Å². The minimum Gasteiger partial charge on any atom is -0.505 e. The van der Waals surface area contributed by atoms with E-state index in [-0.39, 0.29) is 51.2 Å². The van der Waals surface area contributed by atoms with Crippen LogP contribution in [-0.2, 0) is 46.2 Å². The largest absolute Gasteiger partial charge is 0.505 e. The number of rotatable bonds is 12. The van der Waals surface area contributed by atoms with Gasteiger partial charge in [0.1, 0.15) is 16.5 Å². The minimum absolute atomic E-state index is 0.0359. The summed E-state index contributed by atoms with van der Waals surface area (Å²) in [5, 5.41) is 10.6. The molecule has 7 nitrogen and oxygen atoms in total. The lowest BCUT2D eigenvalue weighted by atomic mass is 10.1. The molecule has 0 spiro atoms. The normalized spacial score (nSPS) is 12.2. The first-order valence-electron chi connectivity index (χ1n) is 14.3. The summed E-state index contributed by atoms with van der Waals surface area (Å²) in [6, 6.07) is 23.3. The maximum absolute atomic E-state index is 14.2. The SMILES string of the molecule is O=S(=O)(c1cc(Cl)cc(Cl)c1)N(Cc1ccc(F)cc1)Cc1ccccc1CN(Cc1ccc(F)cc1)S(=O)(=O)c1cc(Cl)cc(Cl)c1O. The average Bonchev–Trinajstić information content (AvgIpc) is 3.04. The Morgan fingerprint density at radius 1 is 0.551 bits per heavy atom. The van der Waals surface area contributed by atoms with Gasteiger partial charge < -0.3 is 5.11 Å². The van der Waals surface area contributed by atoms with Gasteiger partial charge in [0, 0.05) is 41.2 Å². The molecule has 0 unspecified atom stereocenters. The monoisotopic (exact) mass is 784 g/mol. The Balaban J connectivity index is 1.58. The molecule has 5 aromatic rings. The molecule has 5 rings (SSSR count). The molecule has 5 aromatic carbocycles. The van der Waals surface area contributed by atoms with Gasteiger partial charge in [-0.15, -0.1) is 0 Å². The van der Waals surface area contributed by atoms with Crippen LogP contribution >= 0.6 is 46.4 Å². The number of aromatic hydroxyl groups is 1. The van der Waals surface area contributed by atoms with Crippen molar-refractivity contribution >= 4 is 66.5 Å². The summed E-state index contributed by atoms with van der Waals surface area (Å²) >= 11 is 24.5. The number of sulfonamides is 2. The third kappa shape index (κ3) is 8.92. The maximum Gasteiger partial charge on any atom is 0.247 e. The summed E-state index contributed by atoms with van der Waals surface area (Å²) in [6.45, 7) is -1.02. The highest BCUT2D eigenvalue weighted by molar-refractivity contribution is 7.89. The Hall–Kier alpha value is -3.26. The van der Waals surface area contributed by atoms with Gasteiger partial charge in [-0.3, -0.25) is 0 Å². The Morgan fingerprint density at radius 2 is 0.980 bits per heavy atom. The number of benzene rings is 5. The molecule has 0 fully saturated rings. The van der Waals surface area contributed by atoms with Crippen LogP contribution in [0.25, 0.3) is 0 Å². The molecule has 0 aromatic heterocycles. The zero-order valence-corrected chi connectivity index (χ0v) is 29.9. The Labute approximate surface area is 302 Å². The van der Waals surface area contributed by atoms with Gasteiger partial charge in [-0.25, -0.2) is 25.6 Å². The minimum atomic E-state index is -4.54. The Bertz CT molecular complexity index is 2190. The first-order chi connectivity index (χ1) is 23.1. The van der Waals surface area contributed by atoms with Gasteiger partial charge in [0.25, 0.3) is 0 Å². The fourth-order valence-electron chi connectivity index (χ4n) is 4.99. The molecule has 0 aliphatic heterocycles. The van der Waals surface area contributed by atoms with Crippen molar-refractivity contribution in [1.29, 1.82) is 0 Å². The average molecular weight is 787 g/mol. The van der Waals surface area contributed by atoms with Crippen molar-refractivity contribution in [3.63, 3.8) is 0 Å². The Kier molecular flexibility index (Phi) is 11.6. The molecule has 0 saturated carbocycles. The first-order valence-corrected chi connectivity index (χ1v) is 18.7. The summed E-state index contributed by atoms with van der Waals surface area (Å²) in [5.41, 5.74) is 1.73. The molecule has 0 aliphatic rings. The van der Waals surface area contributed by atoms with Crippen LogP contribution in [-0.4, -0.2) is 30.6 Å². The number of halogens is 6. The second kappa shape index (κ2) is 15.3. The van der Waals surface area contributed by atoms with Crippen LogP contribution in [0.2, 0.25) is 20.1 Å². The van der Waals surface area contributed by atoms with Gasteiger partial charge in [0.15, 0.2) is 5.75 Å². The van der Waals surface area contributed by atoms with E-state index in [0.29, 0.717) is 22.3 Å². The molecule has 0 saturated heterocycles. The van der Waals surface area contributed by atoms with Crippen molar-refractivity contribution in [3.05, 3.63) is 157 Å². The Morgan fingerprint density at radius 3 is 1.45 bits per heavy atom. The van der Waals surface area contributed by atoms with Crippen molar-refractivity contribution in [3.8, 4) is 5.75 Å². The van der Waals surface area contributed by atoms with Gasteiger partial charge in [-0.05, 0) is 76.9 Å². The molecule has 0 bridgehead atoms. The molecule has 256 valence electrons. The molecular weight excluding hydrogens is 760 g/mol. The lowest BCUT2D eigenvalue weighted by molar-refractivity contribution is 0.381. The molecule has 15 heteroatoms. The summed E-state index contributed by atoms with van der Waals surface area (Å²) in [7, 11) is -8.83. The standard InChI is InChI=1S/C34H26Cl4F2N2O5S2/c35-26-13-27(36)15-31(14-26)48(44,45)41(18-22-5-9-29(39)10-6-22)20-24-3-1-2-4-25(24)21-42(19-23-7-11-30(40)12-8-23)49(46,47)33-17-28(37)16-32(38)34(33)43/h1-17,43H,18-21H2. The van der Waals surface area contributed by atoms with Gasteiger partial charge in [0.05, 0.1) is 9.92 Å². The molecule has 0 radical (unpaired) electrons. The molecule has 1 N–H and O–H groups in total. The van der Waals surface area contributed by atoms with Crippen molar-refractivity contribution in [2.24, 2.45) is 0 Å². The first kappa shape index (κ1) is 37.0. The van der Waals surface area contributed by atoms with Crippen LogP contribution in [0.3, 0.4) is 0 Å². The predicted octanol–water partition coefficient (Wildman–Crippen LogP) is 9.07. The number of phenolic OH excluding ortho intramolecular Hbond substituents is 1. The zero-order chi connectivity index (χ0) is 35.5. The van der Waals surface area contributed by atoms with Gasteiger partial charge in [-0.2, -0.15) is 8.61 Å². The van der Waals surface area contributed by atoms with Crippen LogP contribution in [0.5, 0.6) is 5.75 Å². The second-order valence-corrected chi connectivity index (χ2v) is 16.5. The van der Waals surface area contributed by atoms with E-state index >= 15 is 0 Å². The third-order valence-electron chi connectivity index (χ3n) is 7.44. The highest BCUT2D eigenvalue weighted by Gasteiger charge is 2.31. The molecule has 49 heavy (non-hydrogen) atoms. The van der Waals surface area contributed by atoms with E-state index < -0.39 is 42.3 Å². The topological polar surface area (TPSA) is 95.0 Å². The zero-order valence-electron chi connectivity index (χ0n) is 25.2. The van der Waals surface area contributed by atoms with E-state index in [1.165, 1.54) is 72.8 Å². The fraction of sp³-hybridized carbons (Fsp3) is 0.118. The van der Waals surface area contributed by atoms with Crippen molar-refractivity contribution in [2.45, 2.75) is 36.0 Å². The third-order valence-corrected chi connectivity index (χ3v) is 12.0. The van der Waals surface area contributed by atoms with E-state index in [9.17, 15) is 30.7 Å². The summed E-state index contributed by atoms with van der Waals surface area (Å²) in [5.74, 6) is -1.73. The van der Waals surface area contributed by atoms with Crippen LogP contribution in [0.1, 0.15) is 22.3 Å². The van der Waals surface area contributed by atoms with E-state index in [1.54, 1.807) is 24.3 Å². The fourth-order valence-corrected chi connectivity index (χ4v) is 9.27. The summed E-state index contributed by atoms with van der Waals surface area (Å²) in [4.78, 5) is -0.735. The van der Waals surface area contributed by atoms with Gasteiger partial charge in [0.2, 0.25) is 20.0 Å². The van der Waals surface area contributed by atoms with Crippen molar-refractivity contribution in [2.75, 3.05) is 0 Å². The number of phenols is 1. The van der Waals surface area contributed by atoms with E-state index in [2.05, 4.69) is 0 Å². The lowest BCUT2D eigenvalue weighted by Gasteiger charge is -2.27. The number of hydrogen-bond donors (Lipinski definition) is 1. The molecule has 0 atom stereocenters. The number of hydrogen-bond acceptors (Lipinski definition) is 5. The molecule has 0 aliphatic carbocycles. The smallest absolute Gasteiger partial charge is 0.247 e. The highest BCUT2D eigenvalue weighted by Crippen LogP contribution is 2.37. The highest BCUT2D eigenvalue weighted by atomic mass is 35.5. The molecule has 0 heterocycles. The van der Waals surface area contributed by atoms with Gasteiger partial charge >= 0.3 is 0 Å². The molecular formula is C34H26Cl4F2N2O5S2. The molecule has 0 amide bonds. The lowest BCUT2D eigenvalue weighted by Crippen LogP contribution is -2.33. The summed E-state index contributed by atoms with van der Waals surface area (Å²) < 4.78 is 86.2. The summed E-state index contributed by atoms with van der Waals surface area (Å²) in [6.07, 6.45) is 0. The van der Waals surface area contributed by atoms with Crippen molar-refractivity contribution in [1.82, 2.24) is 8.61 Å². The predicted molar refractivity (Wildman–Crippen MR) is 187 cm³/mol. The van der Waals surface area contributed by atoms with E-state index in [4.69, 9.17) is 46.4 Å². The van der Waals surface area contributed by atoms with Crippen LogP contribution in [0.15, 0.2) is 113 Å². The quantitative estimate of drug-likeness (QED) is 0.136. The van der Waals surface area contributed by atoms with Crippen LogP contribution in [0.4, 0.5) is 8.78 Å². The number of nitrogens with zero attached hydrogens (tertiary/aromatic N) is 2.